The standard InChI is InChI=1S/C12H21NO5/c1-11(2)15-7-9(17-11)10-8(6-13-14-5)16-12(3,4)18-10/h6,8-10H,7H2,1-5H3/t8-,9-,10+/m1/s1. The number of hydrogen-bond donors (Lipinski definition) is 0. The van der Waals surface area contributed by atoms with Crippen LogP contribution in [0, 0.1) is 0 Å². The second-order valence-corrected chi connectivity index (χ2v) is 5.37. The average molecular weight is 259 g/mol. The van der Waals surface area contributed by atoms with E-state index in [1.807, 2.05) is 27.7 Å². The van der Waals surface area contributed by atoms with E-state index in [2.05, 4.69) is 9.99 Å². The monoisotopic (exact) mass is 259 g/mol. The minimum Gasteiger partial charge on any atom is -0.399 e. The molecule has 2 rings (SSSR count). The predicted octanol–water partition coefficient (Wildman–Crippen LogP) is 1.29. The van der Waals surface area contributed by atoms with E-state index in [0.29, 0.717) is 6.61 Å². The summed E-state index contributed by atoms with van der Waals surface area (Å²) in [5.74, 6) is -1.24. The maximum Gasteiger partial charge on any atom is 0.164 e. The van der Waals surface area contributed by atoms with E-state index in [9.17, 15) is 0 Å². The van der Waals surface area contributed by atoms with Gasteiger partial charge >= 0.3 is 0 Å². The molecule has 0 aliphatic carbocycles. The topological polar surface area (TPSA) is 58.5 Å². The van der Waals surface area contributed by atoms with Gasteiger partial charge < -0.3 is 23.8 Å². The Morgan fingerprint density at radius 1 is 1.11 bits per heavy atom. The van der Waals surface area contributed by atoms with Gasteiger partial charge in [0.15, 0.2) is 11.6 Å². The summed E-state index contributed by atoms with van der Waals surface area (Å²) in [5.41, 5.74) is 0. The van der Waals surface area contributed by atoms with E-state index < -0.39 is 11.6 Å². The fourth-order valence-electron chi connectivity index (χ4n) is 2.22. The molecule has 2 aliphatic rings. The van der Waals surface area contributed by atoms with Gasteiger partial charge in [0.05, 0.1) is 12.8 Å². The quantitative estimate of drug-likeness (QED) is 0.564. The number of oxime groups is 1. The Hall–Kier alpha value is -0.690. The summed E-state index contributed by atoms with van der Waals surface area (Å²) >= 11 is 0. The third-order valence-corrected chi connectivity index (χ3v) is 2.87. The van der Waals surface area contributed by atoms with Crippen LogP contribution in [0.1, 0.15) is 27.7 Å². The van der Waals surface area contributed by atoms with Gasteiger partial charge in [0, 0.05) is 0 Å². The first kappa shape index (κ1) is 13.7. The fourth-order valence-corrected chi connectivity index (χ4v) is 2.22. The zero-order chi connectivity index (χ0) is 13.4. The first-order chi connectivity index (χ1) is 8.33. The Morgan fingerprint density at radius 2 is 1.83 bits per heavy atom. The van der Waals surface area contributed by atoms with Crippen LogP contribution < -0.4 is 0 Å². The van der Waals surface area contributed by atoms with Crippen molar-refractivity contribution in [2.24, 2.45) is 5.16 Å². The van der Waals surface area contributed by atoms with E-state index in [0.717, 1.165) is 0 Å². The van der Waals surface area contributed by atoms with Crippen molar-refractivity contribution in [3.8, 4) is 0 Å². The molecule has 0 N–H and O–H groups in total. The van der Waals surface area contributed by atoms with E-state index in [1.54, 1.807) is 6.21 Å². The smallest absolute Gasteiger partial charge is 0.164 e. The molecule has 0 amide bonds. The van der Waals surface area contributed by atoms with Gasteiger partial charge in [-0.1, -0.05) is 5.16 Å². The Balaban J connectivity index is 2.07. The van der Waals surface area contributed by atoms with Gasteiger partial charge in [-0.05, 0) is 27.7 Å². The summed E-state index contributed by atoms with van der Waals surface area (Å²) in [5, 5.41) is 3.75. The summed E-state index contributed by atoms with van der Waals surface area (Å²) < 4.78 is 23.0. The Morgan fingerprint density at radius 3 is 2.39 bits per heavy atom. The van der Waals surface area contributed by atoms with Gasteiger partial charge in [0.2, 0.25) is 0 Å². The van der Waals surface area contributed by atoms with Crippen LogP contribution in [0.2, 0.25) is 0 Å². The van der Waals surface area contributed by atoms with Crippen LogP contribution in [0.25, 0.3) is 0 Å². The molecule has 2 aliphatic heterocycles. The molecule has 0 aromatic carbocycles. The lowest BCUT2D eigenvalue weighted by Crippen LogP contribution is -2.39. The van der Waals surface area contributed by atoms with E-state index in [1.165, 1.54) is 7.11 Å². The molecule has 2 fully saturated rings. The Bertz CT molecular complexity index is 328. The summed E-state index contributed by atoms with van der Waals surface area (Å²) in [7, 11) is 1.49. The van der Waals surface area contributed by atoms with Crippen molar-refractivity contribution in [2.45, 2.75) is 57.6 Å². The van der Waals surface area contributed by atoms with Crippen LogP contribution in [0.5, 0.6) is 0 Å². The van der Waals surface area contributed by atoms with Gasteiger partial charge in [0.25, 0.3) is 0 Å². The molecule has 6 heteroatoms. The average Bonchev–Trinajstić information content (AvgIpc) is 2.75. The third kappa shape index (κ3) is 3.00. The summed E-state index contributed by atoms with van der Waals surface area (Å²) in [6.07, 6.45) is 0.867. The molecular weight excluding hydrogens is 238 g/mol. The van der Waals surface area contributed by atoms with E-state index >= 15 is 0 Å². The van der Waals surface area contributed by atoms with Crippen molar-refractivity contribution >= 4 is 6.21 Å². The molecule has 0 radical (unpaired) electrons. The zero-order valence-electron chi connectivity index (χ0n) is 11.5. The molecule has 2 saturated heterocycles. The van der Waals surface area contributed by atoms with Crippen LogP contribution in [-0.4, -0.2) is 49.8 Å². The summed E-state index contributed by atoms with van der Waals surface area (Å²) in [4.78, 5) is 4.69. The van der Waals surface area contributed by atoms with Crippen LogP contribution in [-0.2, 0) is 23.8 Å². The number of hydrogen-bond acceptors (Lipinski definition) is 6. The number of ether oxygens (including phenoxy) is 4. The van der Waals surface area contributed by atoms with Gasteiger partial charge in [-0.3, -0.25) is 0 Å². The second-order valence-electron chi connectivity index (χ2n) is 5.37. The van der Waals surface area contributed by atoms with Crippen molar-refractivity contribution in [3.05, 3.63) is 0 Å². The highest BCUT2D eigenvalue weighted by Gasteiger charge is 2.49. The van der Waals surface area contributed by atoms with Crippen LogP contribution in [0.4, 0.5) is 0 Å². The molecule has 104 valence electrons. The lowest BCUT2D eigenvalue weighted by atomic mass is 10.1. The lowest BCUT2D eigenvalue weighted by Gasteiger charge is -2.22. The maximum absolute atomic E-state index is 5.86. The van der Waals surface area contributed by atoms with Crippen molar-refractivity contribution in [1.82, 2.24) is 0 Å². The fraction of sp³-hybridized carbons (Fsp3) is 0.917. The number of nitrogens with zero attached hydrogens (tertiary/aromatic N) is 1. The highest BCUT2D eigenvalue weighted by atomic mass is 16.8. The second kappa shape index (κ2) is 4.77. The minimum atomic E-state index is -0.662. The summed E-state index contributed by atoms with van der Waals surface area (Å²) in [6.45, 7) is 7.97. The molecule has 18 heavy (non-hydrogen) atoms. The van der Waals surface area contributed by atoms with E-state index in [-0.39, 0.29) is 18.3 Å². The Kier molecular flexibility index (Phi) is 3.64. The van der Waals surface area contributed by atoms with Gasteiger partial charge in [-0.15, -0.1) is 0 Å². The van der Waals surface area contributed by atoms with Gasteiger partial charge in [-0.25, -0.2) is 0 Å². The number of rotatable bonds is 3. The molecule has 2 heterocycles. The minimum absolute atomic E-state index is 0.171. The Labute approximate surface area is 107 Å². The largest absolute Gasteiger partial charge is 0.399 e. The zero-order valence-corrected chi connectivity index (χ0v) is 11.5. The molecule has 0 saturated carbocycles. The van der Waals surface area contributed by atoms with Crippen LogP contribution in [0.3, 0.4) is 0 Å². The molecule has 0 unspecified atom stereocenters. The van der Waals surface area contributed by atoms with Crippen molar-refractivity contribution < 1.29 is 23.8 Å². The van der Waals surface area contributed by atoms with Gasteiger partial charge in [0.1, 0.15) is 25.4 Å². The highest BCUT2D eigenvalue weighted by Crippen LogP contribution is 2.34. The first-order valence-corrected chi connectivity index (χ1v) is 6.07. The molecule has 0 spiro atoms. The van der Waals surface area contributed by atoms with E-state index in [4.69, 9.17) is 18.9 Å². The van der Waals surface area contributed by atoms with Crippen molar-refractivity contribution in [2.75, 3.05) is 13.7 Å². The van der Waals surface area contributed by atoms with Crippen LogP contribution >= 0.6 is 0 Å². The van der Waals surface area contributed by atoms with Crippen molar-refractivity contribution in [3.63, 3.8) is 0 Å². The lowest BCUT2D eigenvalue weighted by molar-refractivity contribution is -0.174. The molecule has 0 aromatic heterocycles. The normalized spacial score (nSPS) is 38.4. The maximum atomic E-state index is 5.86. The first-order valence-electron chi connectivity index (χ1n) is 6.07. The molecular formula is C12H21NO5. The van der Waals surface area contributed by atoms with Gasteiger partial charge in [-0.2, -0.15) is 0 Å². The molecule has 0 bridgehead atoms. The van der Waals surface area contributed by atoms with Crippen molar-refractivity contribution in [1.29, 1.82) is 0 Å². The molecule has 0 aromatic rings. The summed E-state index contributed by atoms with van der Waals surface area (Å²) in [6, 6.07) is 0. The van der Waals surface area contributed by atoms with Crippen LogP contribution in [0.15, 0.2) is 5.16 Å². The highest BCUT2D eigenvalue weighted by molar-refractivity contribution is 5.64. The predicted molar refractivity (Wildman–Crippen MR) is 64.2 cm³/mol. The molecule has 3 atom stereocenters. The molecule has 6 nitrogen and oxygen atoms in total. The third-order valence-electron chi connectivity index (χ3n) is 2.87. The SMILES string of the molecule is CON=C[C@H]1OC(C)(C)O[C@@H]1[C@H]1COC(C)(C)O1.